The van der Waals surface area contributed by atoms with Crippen LogP contribution in [0.15, 0.2) is 35.4 Å². The highest BCUT2D eigenvalue weighted by Gasteiger charge is 2.26. The number of nitrogens with one attached hydrogen (secondary N) is 3. The zero-order valence-corrected chi connectivity index (χ0v) is 17.9. The van der Waals surface area contributed by atoms with Crippen LogP contribution >= 0.6 is 0 Å². The Labute approximate surface area is 184 Å². The van der Waals surface area contributed by atoms with Crippen molar-refractivity contribution < 1.29 is 9.90 Å². The van der Waals surface area contributed by atoms with E-state index in [1.165, 1.54) is 6.20 Å². The summed E-state index contributed by atoms with van der Waals surface area (Å²) in [4.78, 5) is 30.3. The Kier molecular flexibility index (Phi) is 5.30. The average Bonchev–Trinajstić information content (AvgIpc) is 3.49. The number of nitrogens with zero attached hydrogens (tertiary/aromatic N) is 4. The van der Waals surface area contributed by atoms with Crippen LogP contribution in [0, 0.1) is 0 Å². The van der Waals surface area contributed by atoms with Crippen LogP contribution in [0.1, 0.15) is 54.9 Å². The lowest BCUT2D eigenvalue weighted by atomic mass is 9.93. The Morgan fingerprint density at radius 1 is 1.25 bits per heavy atom. The minimum Gasteiger partial charge on any atom is -0.393 e. The lowest BCUT2D eigenvalue weighted by Gasteiger charge is -2.27. The van der Waals surface area contributed by atoms with Gasteiger partial charge in [-0.05, 0) is 50.7 Å². The highest BCUT2D eigenvalue weighted by atomic mass is 16.3. The molecule has 0 aliphatic heterocycles. The summed E-state index contributed by atoms with van der Waals surface area (Å²) in [5.41, 5.74) is 1.01. The number of hydrogen-bond acceptors (Lipinski definition) is 7. The number of carbonyl (C=O) groups is 1. The molecule has 2 fully saturated rings. The molecule has 4 N–H and O–H groups in total. The van der Waals surface area contributed by atoms with E-state index in [2.05, 4.69) is 26.0 Å². The number of fused-ring (bicyclic) bond motifs is 1. The number of carbonyl (C=O) groups excluding carboxylic acids is 1. The van der Waals surface area contributed by atoms with Gasteiger partial charge >= 0.3 is 0 Å². The highest BCUT2D eigenvalue weighted by Crippen LogP contribution is 2.28. The van der Waals surface area contributed by atoms with E-state index in [0.29, 0.717) is 35.0 Å². The highest BCUT2D eigenvalue weighted by molar-refractivity contribution is 6.00. The fraction of sp³-hybridized carbons (Fsp3) is 0.455. The van der Waals surface area contributed by atoms with Gasteiger partial charge in [0.1, 0.15) is 22.9 Å². The van der Waals surface area contributed by atoms with Crippen molar-refractivity contribution in [2.24, 2.45) is 0 Å². The van der Waals surface area contributed by atoms with E-state index >= 15 is 0 Å². The van der Waals surface area contributed by atoms with Crippen molar-refractivity contribution in [3.63, 3.8) is 0 Å². The molecule has 3 aromatic rings. The summed E-state index contributed by atoms with van der Waals surface area (Å²) >= 11 is 0. The van der Waals surface area contributed by atoms with Gasteiger partial charge in [0.25, 0.3) is 11.5 Å². The maximum Gasteiger partial charge on any atom is 0.274 e. The molecule has 1 amide bonds. The van der Waals surface area contributed by atoms with Gasteiger partial charge in [-0.15, -0.1) is 0 Å². The molecule has 0 spiro atoms. The van der Waals surface area contributed by atoms with E-state index in [0.717, 1.165) is 32.1 Å². The first-order chi connectivity index (χ1) is 15.5. The minimum atomic E-state index is -0.374. The second kappa shape index (κ2) is 8.27. The van der Waals surface area contributed by atoms with Crippen LogP contribution < -0.4 is 21.5 Å². The Hall–Kier alpha value is -3.40. The maximum atomic E-state index is 13.1. The molecule has 3 aromatic heterocycles. The first-order valence-electron chi connectivity index (χ1n) is 11.1. The van der Waals surface area contributed by atoms with Gasteiger partial charge in [-0.2, -0.15) is 9.61 Å². The SMILES string of the molecule is CNc1cc(Nc2cccn([C@H]3CCCC(O)C3)c2=O)nc2c(C(=O)NC3CC3)cnn12. The normalized spacial score (nSPS) is 20.8. The number of rotatable bonds is 6. The van der Waals surface area contributed by atoms with Crippen molar-refractivity contribution in [3.05, 3.63) is 46.5 Å². The van der Waals surface area contributed by atoms with Gasteiger partial charge in [-0.1, -0.05) is 0 Å². The first-order valence-corrected chi connectivity index (χ1v) is 11.1. The average molecular weight is 438 g/mol. The molecule has 1 unspecified atom stereocenters. The first kappa shape index (κ1) is 20.5. The molecule has 3 heterocycles. The van der Waals surface area contributed by atoms with Gasteiger partial charge in [0.15, 0.2) is 5.65 Å². The molecule has 2 aliphatic carbocycles. The monoisotopic (exact) mass is 437 g/mol. The van der Waals surface area contributed by atoms with Crippen molar-refractivity contribution in [1.82, 2.24) is 24.5 Å². The van der Waals surface area contributed by atoms with Crippen molar-refractivity contribution in [2.75, 3.05) is 17.7 Å². The molecule has 0 bridgehead atoms. The van der Waals surface area contributed by atoms with Gasteiger partial charge in [0.05, 0.1) is 12.3 Å². The van der Waals surface area contributed by atoms with Crippen molar-refractivity contribution >= 4 is 28.9 Å². The number of hydrogen-bond donors (Lipinski definition) is 4. The van der Waals surface area contributed by atoms with Crippen LogP contribution in [-0.4, -0.2) is 49.4 Å². The molecule has 10 heteroatoms. The summed E-state index contributed by atoms with van der Waals surface area (Å²) < 4.78 is 3.26. The molecule has 5 rings (SSSR count). The maximum absolute atomic E-state index is 13.1. The summed E-state index contributed by atoms with van der Waals surface area (Å²) in [6, 6.07) is 5.46. The van der Waals surface area contributed by atoms with E-state index in [4.69, 9.17) is 0 Å². The standard InChI is InChI=1S/C22H27N7O3/c1-23-19-11-18(27-20-16(12-24-29(19)20)21(31)25-13-7-8-13)26-17-6-3-9-28(22(17)32)14-4-2-5-15(30)10-14/h3,6,9,11-15,23,30H,2,4-5,7-8,10H2,1H3,(H,25,31)(H,26,27)/t14-,15?/m0/s1. The Morgan fingerprint density at radius 3 is 2.84 bits per heavy atom. The second-order valence-electron chi connectivity index (χ2n) is 8.55. The van der Waals surface area contributed by atoms with E-state index in [1.54, 1.807) is 34.5 Å². The Bertz CT molecular complexity index is 1210. The molecule has 168 valence electrons. The van der Waals surface area contributed by atoms with Gasteiger partial charge in [-0.25, -0.2) is 4.98 Å². The summed E-state index contributed by atoms with van der Waals surface area (Å²) in [5, 5.41) is 23.5. The Balaban J connectivity index is 1.48. The molecule has 2 saturated carbocycles. The third kappa shape index (κ3) is 3.93. The van der Waals surface area contributed by atoms with Crippen LogP contribution in [-0.2, 0) is 0 Å². The van der Waals surface area contributed by atoms with Gasteiger partial charge in [0.2, 0.25) is 0 Å². The van der Waals surface area contributed by atoms with Crippen LogP contribution in [0.2, 0.25) is 0 Å². The van der Waals surface area contributed by atoms with E-state index in [-0.39, 0.29) is 29.7 Å². The number of aliphatic hydroxyl groups is 1. The zero-order valence-electron chi connectivity index (χ0n) is 17.9. The predicted octanol–water partition coefficient (Wildman–Crippen LogP) is 2.04. The van der Waals surface area contributed by atoms with Gasteiger partial charge < -0.3 is 25.6 Å². The quantitative estimate of drug-likeness (QED) is 0.465. The van der Waals surface area contributed by atoms with Crippen LogP contribution in [0.4, 0.5) is 17.3 Å². The number of amides is 1. The summed E-state index contributed by atoms with van der Waals surface area (Å²) in [6.07, 6.45) is 8.00. The summed E-state index contributed by atoms with van der Waals surface area (Å²) in [7, 11) is 1.76. The van der Waals surface area contributed by atoms with E-state index < -0.39 is 0 Å². The third-order valence-electron chi connectivity index (χ3n) is 6.13. The van der Waals surface area contributed by atoms with Crippen molar-refractivity contribution in [1.29, 1.82) is 0 Å². The van der Waals surface area contributed by atoms with Crippen LogP contribution in [0.25, 0.3) is 5.65 Å². The third-order valence-corrected chi connectivity index (χ3v) is 6.13. The lowest BCUT2D eigenvalue weighted by Crippen LogP contribution is -2.30. The van der Waals surface area contributed by atoms with Gasteiger partial charge in [0, 0.05) is 31.4 Å². The van der Waals surface area contributed by atoms with E-state index in [9.17, 15) is 14.7 Å². The lowest BCUT2D eigenvalue weighted by molar-refractivity contribution is 0.0952. The van der Waals surface area contributed by atoms with Gasteiger partial charge in [-0.3, -0.25) is 9.59 Å². The zero-order chi connectivity index (χ0) is 22.2. The molecule has 2 aliphatic rings. The largest absolute Gasteiger partial charge is 0.393 e. The number of pyridine rings is 1. The van der Waals surface area contributed by atoms with Crippen molar-refractivity contribution in [3.8, 4) is 0 Å². The van der Waals surface area contributed by atoms with E-state index in [1.807, 2.05) is 6.07 Å². The molecule has 32 heavy (non-hydrogen) atoms. The number of anilines is 3. The summed E-state index contributed by atoms with van der Waals surface area (Å²) in [5.74, 6) is 0.864. The second-order valence-corrected chi connectivity index (χ2v) is 8.55. The topological polar surface area (TPSA) is 126 Å². The fourth-order valence-electron chi connectivity index (χ4n) is 4.28. The number of aliphatic hydroxyl groups excluding tert-OH is 1. The van der Waals surface area contributed by atoms with Crippen LogP contribution in [0.3, 0.4) is 0 Å². The molecular weight excluding hydrogens is 410 g/mol. The minimum absolute atomic E-state index is 0.0242. The molecular formula is C22H27N7O3. The predicted molar refractivity (Wildman–Crippen MR) is 121 cm³/mol. The summed E-state index contributed by atoms with van der Waals surface area (Å²) in [6.45, 7) is 0. The molecule has 2 atom stereocenters. The molecule has 0 radical (unpaired) electrons. The fourth-order valence-corrected chi connectivity index (χ4v) is 4.28. The van der Waals surface area contributed by atoms with Crippen molar-refractivity contribution in [2.45, 2.75) is 56.7 Å². The molecule has 0 aromatic carbocycles. The number of aromatic nitrogens is 4. The molecule has 10 nitrogen and oxygen atoms in total. The van der Waals surface area contributed by atoms with Crippen LogP contribution in [0.5, 0.6) is 0 Å². The Morgan fingerprint density at radius 2 is 2.09 bits per heavy atom. The smallest absolute Gasteiger partial charge is 0.274 e. The molecule has 0 saturated heterocycles.